The maximum Gasteiger partial charge on any atom is 0.213 e. The third-order valence-electron chi connectivity index (χ3n) is 3.29. The summed E-state index contributed by atoms with van der Waals surface area (Å²) in [5.74, 6) is 0.0152. The minimum atomic E-state index is 0.0152. The van der Waals surface area contributed by atoms with Crippen molar-refractivity contribution in [3.63, 3.8) is 0 Å². The molecular formula is C17H13ClN4O. The molecule has 0 aliphatic heterocycles. The van der Waals surface area contributed by atoms with E-state index in [9.17, 15) is 4.79 Å². The van der Waals surface area contributed by atoms with Crippen molar-refractivity contribution in [1.29, 1.82) is 0 Å². The van der Waals surface area contributed by atoms with Gasteiger partial charge in [0.25, 0.3) is 0 Å². The number of halogens is 1. The molecule has 5 nitrogen and oxygen atoms in total. The minimum Gasteiger partial charge on any atom is -0.369 e. The number of nitrogens with two attached hydrogens (primary N) is 1. The molecule has 0 saturated carbocycles. The van der Waals surface area contributed by atoms with E-state index in [1.54, 1.807) is 12.1 Å². The summed E-state index contributed by atoms with van der Waals surface area (Å²) in [4.78, 5) is 19.4. The van der Waals surface area contributed by atoms with Crippen molar-refractivity contribution < 1.29 is 4.79 Å². The van der Waals surface area contributed by atoms with Gasteiger partial charge < -0.3 is 5.73 Å². The Morgan fingerprint density at radius 3 is 2.70 bits per heavy atom. The number of benzene rings is 2. The van der Waals surface area contributed by atoms with Crippen LogP contribution in [-0.4, -0.2) is 17.4 Å². The van der Waals surface area contributed by atoms with Gasteiger partial charge in [0.2, 0.25) is 6.41 Å². The lowest BCUT2D eigenvalue weighted by atomic mass is 10.1. The number of carbonyl (C=O) groups is 1. The third kappa shape index (κ3) is 3.14. The zero-order valence-electron chi connectivity index (χ0n) is 12.0. The molecule has 6 heteroatoms. The fourth-order valence-corrected chi connectivity index (χ4v) is 2.51. The van der Waals surface area contributed by atoms with Gasteiger partial charge in [-0.25, -0.2) is 9.98 Å². The van der Waals surface area contributed by atoms with Gasteiger partial charge in [-0.1, -0.05) is 48.0 Å². The van der Waals surface area contributed by atoms with Crippen molar-refractivity contribution >= 4 is 40.6 Å². The molecule has 0 unspecified atom stereocenters. The van der Waals surface area contributed by atoms with Gasteiger partial charge in [-0.15, -0.1) is 0 Å². The molecule has 1 amide bonds. The molecular weight excluding hydrogens is 312 g/mol. The number of pyridine rings is 1. The lowest BCUT2D eigenvalue weighted by Crippen LogP contribution is -2.29. The van der Waals surface area contributed by atoms with E-state index in [4.69, 9.17) is 17.3 Å². The van der Waals surface area contributed by atoms with Crippen LogP contribution in [0.25, 0.3) is 22.2 Å². The molecule has 0 bridgehead atoms. The predicted molar refractivity (Wildman–Crippen MR) is 92.7 cm³/mol. The number of amides is 1. The van der Waals surface area contributed by atoms with Gasteiger partial charge in [-0.3, -0.25) is 10.1 Å². The largest absolute Gasteiger partial charge is 0.369 e. The Labute approximate surface area is 137 Å². The number of nitrogens with one attached hydrogen (secondary N) is 1. The molecule has 3 aromatic rings. The summed E-state index contributed by atoms with van der Waals surface area (Å²) in [5.41, 5.74) is 8.55. The summed E-state index contributed by atoms with van der Waals surface area (Å²) in [6.07, 6.45) is 0.483. The highest BCUT2D eigenvalue weighted by molar-refractivity contribution is 6.33. The van der Waals surface area contributed by atoms with Crippen LogP contribution in [0.4, 0.5) is 5.69 Å². The Hall–Kier alpha value is -2.92. The second-order valence-corrected chi connectivity index (χ2v) is 5.19. The monoisotopic (exact) mass is 324 g/mol. The van der Waals surface area contributed by atoms with Crippen molar-refractivity contribution in [3.8, 4) is 11.3 Å². The molecule has 0 atom stereocenters. The summed E-state index contributed by atoms with van der Waals surface area (Å²) in [6.45, 7) is 0. The zero-order chi connectivity index (χ0) is 16.2. The van der Waals surface area contributed by atoms with Crippen molar-refractivity contribution in [3.05, 3.63) is 59.6 Å². The number of rotatable bonds is 3. The van der Waals surface area contributed by atoms with Crippen LogP contribution in [0.2, 0.25) is 5.02 Å². The Balaban J connectivity index is 2.24. The Kier molecular flexibility index (Phi) is 4.21. The van der Waals surface area contributed by atoms with Crippen LogP contribution in [0.5, 0.6) is 0 Å². The molecule has 0 fully saturated rings. The lowest BCUT2D eigenvalue weighted by molar-refractivity contribution is -0.108. The van der Waals surface area contributed by atoms with Gasteiger partial charge >= 0.3 is 0 Å². The average Bonchev–Trinajstić information content (AvgIpc) is 2.55. The molecule has 3 N–H and O–H groups in total. The molecule has 1 heterocycles. The van der Waals surface area contributed by atoms with Gasteiger partial charge in [-0.05, 0) is 18.2 Å². The maximum absolute atomic E-state index is 10.5. The number of aliphatic imine (C=N–C) groups is 1. The zero-order valence-corrected chi connectivity index (χ0v) is 12.8. The summed E-state index contributed by atoms with van der Waals surface area (Å²) < 4.78 is 0. The smallest absolute Gasteiger partial charge is 0.213 e. The van der Waals surface area contributed by atoms with Crippen LogP contribution in [0.1, 0.15) is 0 Å². The highest BCUT2D eigenvalue weighted by Gasteiger charge is 2.09. The first kappa shape index (κ1) is 15.0. The average molecular weight is 325 g/mol. The van der Waals surface area contributed by atoms with E-state index in [0.717, 1.165) is 16.5 Å². The summed E-state index contributed by atoms with van der Waals surface area (Å²) in [7, 11) is 0. The topological polar surface area (TPSA) is 80.4 Å². The molecule has 0 saturated heterocycles. The third-order valence-corrected chi connectivity index (χ3v) is 3.62. The number of aromatic nitrogens is 1. The molecule has 23 heavy (non-hydrogen) atoms. The Morgan fingerprint density at radius 2 is 1.91 bits per heavy atom. The first-order valence-corrected chi connectivity index (χ1v) is 7.26. The molecule has 2 aromatic carbocycles. The molecule has 114 valence electrons. The van der Waals surface area contributed by atoms with Crippen molar-refractivity contribution in [2.75, 3.05) is 0 Å². The van der Waals surface area contributed by atoms with Crippen molar-refractivity contribution in [1.82, 2.24) is 10.3 Å². The van der Waals surface area contributed by atoms with E-state index in [2.05, 4.69) is 15.3 Å². The maximum atomic E-state index is 10.5. The summed E-state index contributed by atoms with van der Waals surface area (Å²) in [6, 6.07) is 16.8. The minimum absolute atomic E-state index is 0.0152. The standard InChI is InChI=1S/C17H13ClN4O/c18-13-7-3-1-5-11(13)15-9-16(22-17(19)20-10-23)12-6-2-4-8-14(12)21-15/h1-10H,(H3,19,20,21,22,23). The normalized spacial score (nSPS) is 11.4. The number of hydrogen-bond donors (Lipinski definition) is 2. The number of para-hydroxylation sites is 1. The fraction of sp³-hybridized carbons (Fsp3) is 0. The van der Waals surface area contributed by atoms with Gasteiger partial charge in [0.15, 0.2) is 5.96 Å². The van der Waals surface area contributed by atoms with Crippen LogP contribution < -0.4 is 11.1 Å². The van der Waals surface area contributed by atoms with Crippen LogP contribution in [-0.2, 0) is 4.79 Å². The van der Waals surface area contributed by atoms with Gasteiger partial charge in [0.05, 0.1) is 16.9 Å². The summed E-state index contributed by atoms with van der Waals surface area (Å²) >= 11 is 6.26. The molecule has 0 spiro atoms. The number of fused-ring (bicyclic) bond motifs is 1. The van der Waals surface area contributed by atoms with E-state index >= 15 is 0 Å². The van der Waals surface area contributed by atoms with Gasteiger partial charge in [0.1, 0.15) is 0 Å². The first-order valence-electron chi connectivity index (χ1n) is 6.88. The van der Waals surface area contributed by atoms with E-state index in [1.807, 2.05) is 42.5 Å². The van der Waals surface area contributed by atoms with E-state index in [1.165, 1.54) is 0 Å². The number of nitrogens with zero attached hydrogens (tertiary/aromatic N) is 2. The molecule has 1 aromatic heterocycles. The predicted octanol–water partition coefficient (Wildman–Crippen LogP) is 3.25. The Morgan fingerprint density at radius 1 is 1.17 bits per heavy atom. The van der Waals surface area contributed by atoms with Crippen LogP contribution in [0, 0.1) is 0 Å². The van der Waals surface area contributed by atoms with Crippen LogP contribution >= 0.6 is 11.6 Å². The molecule has 0 aliphatic rings. The number of hydrogen-bond acceptors (Lipinski definition) is 3. The van der Waals surface area contributed by atoms with Gasteiger partial charge in [0, 0.05) is 16.0 Å². The number of carbonyl (C=O) groups excluding carboxylic acids is 1. The van der Waals surface area contributed by atoms with E-state index in [0.29, 0.717) is 22.8 Å². The molecule has 0 radical (unpaired) electrons. The fourth-order valence-electron chi connectivity index (χ4n) is 2.28. The van der Waals surface area contributed by atoms with E-state index in [-0.39, 0.29) is 5.96 Å². The van der Waals surface area contributed by atoms with E-state index < -0.39 is 0 Å². The van der Waals surface area contributed by atoms with Crippen molar-refractivity contribution in [2.24, 2.45) is 10.7 Å². The first-order chi connectivity index (χ1) is 11.2. The number of guanidine groups is 1. The van der Waals surface area contributed by atoms with Gasteiger partial charge in [-0.2, -0.15) is 0 Å². The molecule has 3 rings (SSSR count). The lowest BCUT2D eigenvalue weighted by Gasteiger charge is -2.08. The highest BCUT2D eigenvalue weighted by Crippen LogP contribution is 2.33. The van der Waals surface area contributed by atoms with Crippen LogP contribution in [0.3, 0.4) is 0 Å². The quantitative estimate of drug-likeness (QED) is 0.441. The second kappa shape index (κ2) is 6.46. The SMILES string of the molecule is NC(=Nc1cc(-c2ccccc2Cl)nc2ccccc12)NC=O. The Bertz CT molecular complexity index is 908. The summed E-state index contributed by atoms with van der Waals surface area (Å²) in [5, 5.41) is 3.76. The molecule has 0 aliphatic carbocycles. The van der Waals surface area contributed by atoms with Crippen molar-refractivity contribution in [2.45, 2.75) is 0 Å². The van der Waals surface area contributed by atoms with Crippen LogP contribution in [0.15, 0.2) is 59.6 Å². The highest BCUT2D eigenvalue weighted by atomic mass is 35.5. The second-order valence-electron chi connectivity index (χ2n) is 4.78.